The van der Waals surface area contributed by atoms with Crippen molar-refractivity contribution in [3.05, 3.63) is 39.9 Å². The van der Waals surface area contributed by atoms with Gasteiger partial charge in [-0.1, -0.05) is 12.8 Å². The third kappa shape index (κ3) is 4.09. The standard InChI is InChI=1S/C24H24N6O3S/c31-21-9-13(23(32)28-21)7-17-11-25-22-19(26-16-5-6-16)10-18(29-30(17)22)14-8-20(34-12-14)24(33)27-15-3-1-2-4-15/h7-8,10-12,15-16,26H,1-6,9H2,(H,27,33)(H,28,31,32). The van der Waals surface area contributed by atoms with Crippen LogP contribution in [0.3, 0.4) is 0 Å². The molecule has 4 heterocycles. The molecule has 3 fully saturated rings. The van der Waals surface area contributed by atoms with Gasteiger partial charge in [-0.15, -0.1) is 11.3 Å². The highest BCUT2D eigenvalue weighted by atomic mass is 32.1. The monoisotopic (exact) mass is 476 g/mol. The van der Waals surface area contributed by atoms with Gasteiger partial charge >= 0.3 is 0 Å². The molecule has 3 N–H and O–H groups in total. The largest absolute Gasteiger partial charge is 0.379 e. The van der Waals surface area contributed by atoms with Gasteiger partial charge < -0.3 is 10.6 Å². The molecule has 1 aliphatic heterocycles. The Morgan fingerprint density at radius 2 is 1.97 bits per heavy atom. The number of carbonyl (C=O) groups is 3. The summed E-state index contributed by atoms with van der Waals surface area (Å²) in [6, 6.07) is 4.51. The van der Waals surface area contributed by atoms with Crippen molar-refractivity contribution < 1.29 is 14.4 Å². The zero-order valence-corrected chi connectivity index (χ0v) is 19.3. The molecule has 10 heteroatoms. The number of imide groups is 1. The van der Waals surface area contributed by atoms with Gasteiger partial charge in [-0.3, -0.25) is 19.7 Å². The number of nitrogens with zero attached hydrogens (tertiary/aromatic N) is 3. The van der Waals surface area contributed by atoms with Crippen molar-refractivity contribution in [3.8, 4) is 11.3 Å². The number of anilines is 1. The molecule has 3 aromatic rings. The van der Waals surface area contributed by atoms with Gasteiger partial charge in [0.05, 0.1) is 34.6 Å². The second kappa shape index (κ2) is 8.35. The fraction of sp³-hybridized carbons (Fsp3) is 0.375. The number of hydrogen-bond donors (Lipinski definition) is 3. The molecule has 0 aromatic carbocycles. The van der Waals surface area contributed by atoms with Gasteiger partial charge in [0, 0.05) is 28.6 Å². The maximum absolute atomic E-state index is 12.7. The van der Waals surface area contributed by atoms with Crippen molar-refractivity contribution in [2.24, 2.45) is 0 Å². The Balaban J connectivity index is 1.36. The van der Waals surface area contributed by atoms with Crippen molar-refractivity contribution in [2.45, 2.75) is 57.0 Å². The summed E-state index contributed by atoms with van der Waals surface area (Å²) < 4.78 is 1.69. The minimum absolute atomic E-state index is 0.0366. The van der Waals surface area contributed by atoms with Gasteiger partial charge in [0.1, 0.15) is 0 Å². The van der Waals surface area contributed by atoms with Crippen molar-refractivity contribution in [3.63, 3.8) is 0 Å². The summed E-state index contributed by atoms with van der Waals surface area (Å²) in [6.45, 7) is 0. The molecule has 34 heavy (non-hydrogen) atoms. The summed E-state index contributed by atoms with van der Waals surface area (Å²) >= 11 is 1.41. The van der Waals surface area contributed by atoms with E-state index in [1.165, 1.54) is 24.2 Å². The van der Waals surface area contributed by atoms with E-state index in [1.807, 2.05) is 17.5 Å². The van der Waals surface area contributed by atoms with Gasteiger partial charge in [-0.25, -0.2) is 9.50 Å². The topological polar surface area (TPSA) is 117 Å². The number of imidazole rings is 1. The van der Waals surface area contributed by atoms with Crippen LogP contribution in [0.1, 0.15) is 60.3 Å². The highest BCUT2D eigenvalue weighted by Gasteiger charge is 2.26. The number of hydrogen-bond acceptors (Lipinski definition) is 7. The minimum Gasteiger partial charge on any atom is -0.379 e. The average molecular weight is 477 g/mol. The Bertz CT molecular complexity index is 1350. The Labute approximate surface area is 199 Å². The van der Waals surface area contributed by atoms with Crippen LogP contribution in [0.4, 0.5) is 5.69 Å². The first kappa shape index (κ1) is 21.0. The molecular formula is C24H24N6O3S. The van der Waals surface area contributed by atoms with Gasteiger partial charge in [0.15, 0.2) is 5.65 Å². The quantitative estimate of drug-likeness (QED) is 0.372. The van der Waals surface area contributed by atoms with Crippen LogP contribution < -0.4 is 16.0 Å². The maximum Gasteiger partial charge on any atom is 0.261 e. The van der Waals surface area contributed by atoms with E-state index in [2.05, 4.69) is 20.9 Å². The van der Waals surface area contributed by atoms with Crippen LogP contribution in [0.2, 0.25) is 0 Å². The third-order valence-electron chi connectivity index (χ3n) is 6.46. The zero-order chi connectivity index (χ0) is 23.2. The lowest BCUT2D eigenvalue weighted by Gasteiger charge is -2.10. The number of fused-ring (bicyclic) bond motifs is 1. The van der Waals surface area contributed by atoms with Gasteiger partial charge in [0.2, 0.25) is 5.91 Å². The molecule has 1 saturated heterocycles. The fourth-order valence-electron chi connectivity index (χ4n) is 4.49. The molecule has 0 spiro atoms. The fourth-order valence-corrected chi connectivity index (χ4v) is 5.30. The first-order valence-corrected chi connectivity index (χ1v) is 12.5. The van der Waals surface area contributed by atoms with E-state index < -0.39 is 0 Å². The molecule has 2 aliphatic carbocycles. The van der Waals surface area contributed by atoms with E-state index in [0.29, 0.717) is 33.5 Å². The zero-order valence-electron chi connectivity index (χ0n) is 18.5. The van der Waals surface area contributed by atoms with Crippen molar-refractivity contribution in [1.29, 1.82) is 0 Å². The van der Waals surface area contributed by atoms with Crippen LogP contribution in [0.25, 0.3) is 23.0 Å². The van der Waals surface area contributed by atoms with Gasteiger partial charge in [0.25, 0.3) is 11.8 Å². The molecule has 0 unspecified atom stereocenters. The van der Waals surface area contributed by atoms with E-state index in [-0.39, 0.29) is 30.2 Å². The van der Waals surface area contributed by atoms with E-state index in [0.717, 1.165) is 36.9 Å². The Hall–Kier alpha value is -3.53. The summed E-state index contributed by atoms with van der Waals surface area (Å²) in [7, 11) is 0. The lowest BCUT2D eigenvalue weighted by molar-refractivity contribution is -0.124. The Morgan fingerprint density at radius 1 is 1.15 bits per heavy atom. The lowest BCUT2D eigenvalue weighted by Crippen LogP contribution is -2.31. The van der Waals surface area contributed by atoms with E-state index in [9.17, 15) is 14.4 Å². The molecule has 0 atom stereocenters. The van der Waals surface area contributed by atoms with Gasteiger partial charge in [-0.05, 0) is 43.9 Å². The van der Waals surface area contributed by atoms with E-state index in [4.69, 9.17) is 5.10 Å². The summed E-state index contributed by atoms with van der Waals surface area (Å²) in [5.41, 5.74) is 4.07. The predicted octanol–water partition coefficient (Wildman–Crippen LogP) is 3.13. The summed E-state index contributed by atoms with van der Waals surface area (Å²) in [5, 5.41) is 15.7. The second-order valence-electron chi connectivity index (χ2n) is 9.16. The SMILES string of the molecule is O=C1CC(=Cc2cnc3c(NC4CC4)cc(-c4csc(C(=O)NC5CCCC5)c4)nn23)C(=O)N1. The van der Waals surface area contributed by atoms with Crippen LogP contribution in [-0.2, 0) is 9.59 Å². The molecule has 9 nitrogen and oxygen atoms in total. The number of aromatic nitrogens is 3. The van der Waals surface area contributed by atoms with Crippen molar-refractivity contribution >= 4 is 46.5 Å². The number of carbonyl (C=O) groups excluding carboxylic acids is 3. The summed E-state index contributed by atoms with van der Waals surface area (Å²) in [5.74, 6) is -0.731. The molecule has 0 bridgehead atoms. The van der Waals surface area contributed by atoms with E-state index >= 15 is 0 Å². The Morgan fingerprint density at radius 3 is 2.71 bits per heavy atom. The molecule has 3 aromatic heterocycles. The molecule has 3 aliphatic rings. The normalized spacial score (nSPS) is 19.8. The van der Waals surface area contributed by atoms with Crippen molar-refractivity contribution in [1.82, 2.24) is 25.2 Å². The number of rotatable bonds is 6. The minimum atomic E-state index is -0.386. The number of thiophene rings is 1. The van der Waals surface area contributed by atoms with Crippen LogP contribution >= 0.6 is 11.3 Å². The van der Waals surface area contributed by atoms with E-state index in [1.54, 1.807) is 16.8 Å². The highest BCUT2D eigenvalue weighted by molar-refractivity contribution is 7.12. The number of nitrogens with one attached hydrogen (secondary N) is 3. The number of amides is 3. The molecule has 0 radical (unpaired) electrons. The predicted molar refractivity (Wildman–Crippen MR) is 128 cm³/mol. The van der Waals surface area contributed by atoms with Crippen LogP contribution in [-0.4, -0.2) is 44.4 Å². The van der Waals surface area contributed by atoms with Crippen molar-refractivity contribution in [2.75, 3.05) is 5.32 Å². The first-order chi connectivity index (χ1) is 16.5. The molecule has 2 saturated carbocycles. The molecule has 174 valence electrons. The van der Waals surface area contributed by atoms with Crippen LogP contribution in [0.15, 0.2) is 29.3 Å². The third-order valence-corrected chi connectivity index (χ3v) is 7.39. The second-order valence-corrected chi connectivity index (χ2v) is 10.1. The molecular weight excluding hydrogens is 452 g/mol. The first-order valence-electron chi connectivity index (χ1n) is 11.6. The van der Waals surface area contributed by atoms with Crippen LogP contribution in [0.5, 0.6) is 0 Å². The molecule has 6 rings (SSSR count). The highest BCUT2D eigenvalue weighted by Crippen LogP contribution is 2.32. The average Bonchev–Trinajstić information content (AvgIpc) is 3.24. The maximum atomic E-state index is 12.7. The Kier molecular flexibility index (Phi) is 5.17. The summed E-state index contributed by atoms with van der Waals surface area (Å²) in [6.07, 6.45) is 9.99. The summed E-state index contributed by atoms with van der Waals surface area (Å²) in [4.78, 5) is 41.5. The smallest absolute Gasteiger partial charge is 0.261 e. The lowest BCUT2D eigenvalue weighted by atomic mass is 10.2. The van der Waals surface area contributed by atoms with Gasteiger partial charge in [-0.2, -0.15) is 5.10 Å². The molecule has 3 amide bonds. The van der Waals surface area contributed by atoms with Crippen LogP contribution in [0, 0.1) is 0 Å².